The summed E-state index contributed by atoms with van der Waals surface area (Å²) in [5.41, 5.74) is 3.48. The number of amides is 1. The van der Waals surface area contributed by atoms with Crippen molar-refractivity contribution >= 4 is 28.8 Å². The van der Waals surface area contributed by atoms with Crippen molar-refractivity contribution in [3.63, 3.8) is 0 Å². The zero-order valence-corrected chi connectivity index (χ0v) is 15.9. The number of carbonyl (C=O) groups is 1. The van der Waals surface area contributed by atoms with Gasteiger partial charge in [-0.2, -0.15) is 0 Å². The molecule has 0 aliphatic carbocycles. The highest BCUT2D eigenvalue weighted by atomic mass is 35.5. The highest BCUT2D eigenvalue weighted by Crippen LogP contribution is 2.31. The van der Waals surface area contributed by atoms with Gasteiger partial charge in [-0.1, -0.05) is 35.9 Å². The Bertz CT molecular complexity index is 873. The Morgan fingerprint density at radius 2 is 1.88 bits per heavy atom. The third-order valence-electron chi connectivity index (χ3n) is 4.64. The molecule has 1 amide bonds. The SMILES string of the molecule is O=C1CN(Cc2ccc(-c3ccc(Cl)s3)cc2)CCN1Cc1ccc[nH]1. The molecule has 134 valence electrons. The van der Waals surface area contributed by atoms with Crippen LogP contribution in [0, 0.1) is 0 Å². The van der Waals surface area contributed by atoms with Crippen molar-refractivity contribution in [3.05, 3.63) is 70.3 Å². The third kappa shape index (κ3) is 4.01. The van der Waals surface area contributed by atoms with Crippen LogP contribution in [0.15, 0.2) is 54.7 Å². The molecular formula is C20H20ClN3OS. The van der Waals surface area contributed by atoms with Crippen molar-refractivity contribution < 1.29 is 4.79 Å². The van der Waals surface area contributed by atoms with Crippen LogP contribution in [0.3, 0.4) is 0 Å². The van der Waals surface area contributed by atoms with Crippen LogP contribution in [0.4, 0.5) is 0 Å². The standard InChI is InChI=1S/C20H20ClN3OS/c21-19-8-7-18(26-19)16-5-3-15(4-6-16)12-23-10-11-24(20(25)14-23)13-17-2-1-9-22-17/h1-9,22H,10-14H2. The molecule has 4 nitrogen and oxygen atoms in total. The molecule has 3 aromatic rings. The Balaban J connectivity index is 1.34. The molecule has 3 heterocycles. The second-order valence-corrected chi connectivity index (χ2v) is 8.24. The summed E-state index contributed by atoms with van der Waals surface area (Å²) >= 11 is 7.60. The summed E-state index contributed by atoms with van der Waals surface area (Å²) in [5, 5.41) is 0. The van der Waals surface area contributed by atoms with E-state index in [2.05, 4.69) is 34.1 Å². The fourth-order valence-electron chi connectivity index (χ4n) is 3.23. The average molecular weight is 386 g/mol. The topological polar surface area (TPSA) is 39.3 Å². The Hall–Kier alpha value is -2.08. The molecule has 0 atom stereocenters. The van der Waals surface area contributed by atoms with Gasteiger partial charge < -0.3 is 9.88 Å². The summed E-state index contributed by atoms with van der Waals surface area (Å²) < 4.78 is 0.805. The van der Waals surface area contributed by atoms with Gasteiger partial charge in [0.15, 0.2) is 0 Å². The number of halogens is 1. The monoisotopic (exact) mass is 385 g/mol. The largest absolute Gasteiger partial charge is 0.364 e. The summed E-state index contributed by atoms with van der Waals surface area (Å²) in [6.07, 6.45) is 1.89. The first kappa shape index (κ1) is 17.3. The molecule has 1 saturated heterocycles. The summed E-state index contributed by atoms with van der Waals surface area (Å²) in [5.74, 6) is 0.190. The van der Waals surface area contributed by atoms with Crippen molar-refractivity contribution in [2.45, 2.75) is 13.1 Å². The number of piperazine rings is 1. The Kier molecular flexibility index (Phi) is 5.11. The normalized spacial score (nSPS) is 15.6. The molecule has 1 N–H and O–H groups in total. The predicted molar refractivity (Wildman–Crippen MR) is 106 cm³/mol. The van der Waals surface area contributed by atoms with Gasteiger partial charge in [-0.05, 0) is 35.4 Å². The van der Waals surface area contributed by atoms with Crippen molar-refractivity contribution in [3.8, 4) is 10.4 Å². The van der Waals surface area contributed by atoms with Gasteiger partial charge in [0.2, 0.25) is 5.91 Å². The molecule has 1 aliphatic heterocycles. The quantitative estimate of drug-likeness (QED) is 0.713. The summed E-state index contributed by atoms with van der Waals surface area (Å²) in [7, 11) is 0. The maximum atomic E-state index is 12.4. The molecule has 1 aliphatic rings. The van der Waals surface area contributed by atoms with Crippen LogP contribution in [0.1, 0.15) is 11.3 Å². The van der Waals surface area contributed by atoms with Crippen molar-refractivity contribution in [1.82, 2.24) is 14.8 Å². The first-order valence-corrected chi connectivity index (χ1v) is 9.84. The molecule has 1 fully saturated rings. The van der Waals surface area contributed by atoms with E-state index in [0.717, 1.165) is 29.7 Å². The van der Waals surface area contributed by atoms with E-state index in [1.165, 1.54) is 16.0 Å². The number of carbonyl (C=O) groups excluding carboxylic acids is 1. The van der Waals surface area contributed by atoms with E-state index in [4.69, 9.17) is 11.6 Å². The first-order valence-electron chi connectivity index (χ1n) is 8.64. The maximum absolute atomic E-state index is 12.4. The van der Waals surface area contributed by atoms with Crippen LogP contribution >= 0.6 is 22.9 Å². The molecule has 4 rings (SSSR count). The summed E-state index contributed by atoms with van der Waals surface area (Å²) in [6, 6.07) is 16.5. The lowest BCUT2D eigenvalue weighted by Gasteiger charge is -2.34. The first-order chi connectivity index (χ1) is 12.7. The van der Waals surface area contributed by atoms with E-state index >= 15 is 0 Å². The van der Waals surface area contributed by atoms with Gasteiger partial charge in [0.1, 0.15) is 0 Å². The molecule has 26 heavy (non-hydrogen) atoms. The molecule has 0 saturated carbocycles. The number of nitrogens with zero attached hydrogens (tertiary/aromatic N) is 2. The van der Waals surface area contributed by atoms with E-state index in [0.29, 0.717) is 13.1 Å². The molecule has 1 aromatic carbocycles. The number of benzene rings is 1. The lowest BCUT2D eigenvalue weighted by atomic mass is 10.1. The molecule has 0 spiro atoms. The predicted octanol–water partition coefficient (Wildman–Crippen LogP) is 4.24. The Morgan fingerprint density at radius 1 is 1.04 bits per heavy atom. The molecule has 0 radical (unpaired) electrons. The van der Waals surface area contributed by atoms with Crippen LogP contribution in [-0.2, 0) is 17.9 Å². The zero-order chi connectivity index (χ0) is 17.9. The van der Waals surface area contributed by atoms with E-state index in [9.17, 15) is 4.79 Å². The van der Waals surface area contributed by atoms with E-state index in [1.54, 1.807) is 11.3 Å². The minimum Gasteiger partial charge on any atom is -0.364 e. The van der Waals surface area contributed by atoms with E-state index in [-0.39, 0.29) is 5.91 Å². The van der Waals surface area contributed by atoms with E-state index < -0.39 is 0 Å². The molecule has 2 aromatic heterocycles. The van der Waals surface area contributed by atoms with Gasteiger partial charge in [0.25, 0.3) is 0 Å². The van der Waals surface area contributed by atoms with Crippen LogP contribution in [0.25, 0.3) is 10.4 Å². The molecule has 6 heteroatoms. The second kappa shape index (κ2) is 7.66. The van der Waals surface area contributed by atoms with Gasteiger partial charge in [0.05, 0.1) is 17.4 Å². The Labute approximate surface area is 162 Å². The van der Waals surface area contributed by atoms with Gasteiger partial charge in [0, 0.05) is 36.4 Å². The fourth-order valence-corrected chi connectivity index (χ4v) is 4.28. The molecule has 0 unspecified atom stereocenters. The van der Waals surface area contributed by atoms with Gasteiger partial charge in [-0.3, -0.25) is 9.69 Å². The second-order valence-electron chi connectivity index (χ2n) is 6.52. The number of aromatic nitrogens is 1. The third-order valence-corrected chi connectivity index (χ3v) is 5.92. The van der Waals surface area contributed by atoms with Gasteiger partial charge >= 0.3 is 0 Å². The fraction of sp³-hybridized carbons (Fsp3) is 0.250. The lowest BCUT2D eigenvalue weighted by molar-refractivity contribution is -0.136. The van der Waals surface area contributed by atoms with Crippen LogP contribution < -0.4 is 0 Å². The number of H-pyrrole nitrogens is 1. The number of hydrogen-bond acceptors (Lipinski definition) is 3. The minimum absolute atomic E-state index is 0.190. The smallest absolute Gasteiger partial charge is 0.237 e. The van der Waals surface area contributed by atoms with Gasteiger partial charge in [-0.15, -0.1) is 11.3 Å². The number of thiophene rings is 1. The van der Waals surface area contributed by atoms with Crippen molar-refractivity contribution in [2.24, 2.45) is 0 Å². The zero-order valence-electron chi connectivity index (χ0n) is 14.3. The number of hydrogen-bond donors (Lipinski definition) is 1. The maximum Gasteiger partial charge on any atom is 0.237 e. The van der Waals surface area contributed by atoms with Gasteiger partial charge in [-0.25, -0.2) is 0 Å². The van der Waals surface area contributed by atoms with Crippen LogP contribution in [-0.4, -0.2) is 40.3 Å². The minimum atomic E-state index is 0.190. The average Bonchev–Trinajstić information content (AvgIpc) is 3.30. The number of aromatic amines is 1. The number of rotatable bonds is 5. The molecular weight excluding hydrogens is 366 g/mol. The van der Waals surface area contributed by atoms with E-state index in [1.807, 2.05) is 35.4 Å². The summed E-state index contributed by atoms with van der Waals surface area (Å²) in [4.78, 5) is 20.9. The highest BCUT2D eigenvalue weighted by molar-refractivity contribution is 7.19. The van der Waals surface area contributed by atoms with Crippen LogP contribution in [0.5, 0.6) is 0 Å². The molecule has 0 bridgehead atoms. The number of nitrogens with one attached hydrogen (secondary N) is 1. The van der Waals surface area contributed by atoms with Crippen LogP contribution in [0.2, 0.25) is 4.34 Å². The summed E-state index contributed by atoms with van der Waals surface area (Å²) in [6.45, 7) is 3.60. The Morgan fingerprint density at radius 3 is 2.54 bits per heavy atom. The van der Waals surface area contributed by atoms with Crippen molar-refractivity contribution in [2.75, 3.05) is 19.6 Å². The lowest BCUT2D eigenvalue weighted by Crippen LogP contribution is -2.49. The van der Waals surface area contributed by atoms with Crippen molar-refractivity contribution in [1.29, 1.82) is 0 Å². The highest BCUT2D eigenvalue weighted by Gasteiger charge is 2.24.